The van der Waals surface area contributed by atoms with Crippen molar-refractivity contribution in [2.75, 3.05) is 39.3 Å². The third-order valence-corrected chi connectivity index (χ3v) is 4.18. The molecule has 0 unspecified atom stereocenters. The Morgan fingerprint density at radius 3 is 2.29 bits per heavy atom. The van der Waals surface area contributed by atoms with Gasteiger partial charge in [-0.05, 0) is 37.9 Å². The van der Waals surface area contributed by atoms with Crippen LogP contribution in [0, 0.1) is 23.2 Å². The molecule has 0 N–H and O–H groups in total. The van der Waals surface area contributed by atoms with Gasteiger partial charge in [0.1, 0.15) is 0 Å². The second-order valence-corrected chi connectivity index (χ2v) is 6.06. The molecular weight excluding hydrogens is 208 g/mol. The van der Waals surface area contributed by atoms with E-state index in [-0.39, 0.29) is 0 Å². The van der Waals surface area contributed by atoms with E-state index in [0.29, 0.717) is 11.3 Å². The van der Waals surface area contributed by atoms with Crippen LogP contribution in [-0.2, 0) is 0 Å². The quantitative estimate of drug-likeness (QED) is 0.675. The molecule has 0 bridgehead atoms. The zero-order valence-electron chi connectivity index (χ0n) is 11.6. The lowest BCUT2D eigenvalue weighted by Crippen LogP contribution is -2.60. The van der Waals surface area contributed by atoms with Crippen LogP contribution >= 0.6 is 0 Å². The van der Waals surface area contributed by atoms with Crippen LogP contribution in [0.5, 0.6) is 0 Å². The molecule has 0 aromatic heterocycles. The van der Waals surface area contributed by atoms with Crippen LogP contribution in [0.2, 0.25) is 0 Å². The minimum atomic E-state index is 0.510. The molecule has 0 aromatic rings. The van der Waals surface area contributed by atoms with Crippen molar-refractivity contribution in [3.63, 3.8) is 0 Å². The lowest BCUT2D eigenvalue weighted by Gasteiger charge is -2.53. The van der Waals surface area contributed by atoms with Gasteiger partial charge in [0.2, 0.25) is 0 Å². The molecule has 2 nitrogen and oxygen atoms in total. The monoisotopic (exact) mass is 234 g/mol. The molecule has 17 heavy (non-hydrogen) atoms. The van der Waals surface area contributed by atoms with Crippen molar-refractivity contribution in [3.05, 3.63) is 0 Å². The van der Waals surface area contributed by atoms with E-state index in [1.54, 1.807) is 0 Å². The zero-order valence-corrected chi connectivity index (χ0v) is 11.6. The molecule has 2 heterocycles. The highest BCUT2D eigenvalue weighted by atomic mass is 15.2. The van der Waals surface area contributed by atoms with E-state index in [1.165, 1.54) is 45.6 Å². The third kappa shape index (κ3) is 3.24. The maximum Gasteiger partial charge on any atom is 0.0601 e. The van der Waals surface area contributed by atoms with Crippen molar-refractivity contribution in [3.8, 4) is 11.8 Å². The van der Waals surface area contributed by atoms with Gasteiger partial charge in [0, 0.05) is 19.0 Å². The number of hydrogen-bond acceptors (Lipinski definition) is 2. The Labute approximate surface area is 106 Å². The standard InChI is InChI=1S/C15H26N2/c1-4-16-12-15(13-16)7-10-17(11-8-15)9-5-6-14(2)3/h14H,4,7-13H2,1-3H3. The average Bonchev–Trinajstić information content (AvgIpc) is 2.26. The first-order valence-corrected chi connectivity index (χ1v) is 7.07. The summed E-state index contributed by atoms with van der Waals surface area (Å²) in [6.07, 6.45) is 2.76. The maximum absolute atomic E-state index is 3.30. The smallest absolute Gasteiger partial charge is 0.0601 e. The lowest BCUT2D eigenvalue weighted by molar-refractivity contribution is -0.0411. The van der Waals surface area contributed by atoms with Gasteiger partial charge in [0.05, 0.1) is 6.54 Å². The van der Waals surface area contributed by atoms with Gasteiger partial charge >= 0.3 is 0 Å². The van der Waals surface area contributed by atoms with E-state index in [9.17, 15) is 0 Å². The van der Waals surface area contributed by atoms with E-state index >= 15 is 0 Å². The van der Waals surface area contributed by atoms with Gasteiger partial charge in [-0.15, -0.1) is 0 Å². The summed E-state index contributed by atoms with van der Waals surface area (Å²) in [4.78, 5) is 5.09. The fourth-order valence-corrected chi connectivity index (χ4v) is 2.99. The molecule has 0 amide bonds. The van der Waals surface area contributed by atoms with Gasteiger partial charge in [0.25, 0.3) is 0 Å². The van der Waals surface area contributed by atoms with Gasteiger partial charge < -0.3 is 4.90 Å². The van der Waals surface area contributed by atoms with Crippen LogP contribution in [0.1, 0.15) is 33.6 Å². The SMILES string of the molecule is CCN1CC2(CCN(CC#CC(C)C)CC2)C1. The molecule has 0 aliphatic carbocycles. The van der Waals surface area contributed by atoms with Crippen LogP contribution in [0.3, 0.4) is 0 Å². The maximum atomic E-state index is 3.30. The summed E-state index contributed by atoms with van der Waals surface area (Å²) in [6, 6.07) is 0. The summed E-state index contributed by atoms with van der Waals surface area (Å²) in [5, 5.41) is 0. The van der Waals surface area contributed by atoms with E-state index in [4.69, 9.17) is 0 Å². The summed E-state index contributed by atoms with van der Waals surface area (Å²) >= 11 is 0. The van der Waals surface area contributed by atoms with Crippen LogP contribution in [0.4, 0.5) is 0 Å². The summed E-state index contributed by atoms with van der Waals surface area (Å²) in [5.41, 5.74) is 0.679. The van der Waals surface area contributed by atoms with Gasteiger partial charge in [-0.3, -0.25) is 4.90 Å². The Morgan fingerprint density at radius 1 is 1.12 bits per heavy atom. The first-order chi connectivity index (χ1) is 8.13. The molecule has 2 rings (SSSR count). The Balaban J connectivity index is 1.71. The van der Waals surface area contributed by atoms with Crippen LogP contribution < -0.4 is 0 Å². The molecule has 0 aromatic carbocycles. The molecule has 2 aliphatic heterocycles. The van der Waals surface area contributed by atoms with Gasteiger partial charge in [-0.1, -0.05) is 32.6 Å². The number of nitrogens with zero attached hydrogens (tertiary/aromatic N) is 2. The highest BCUT2D eigenvalue weighted by molar-refractivity contribution is 5.05. The molecule has 0 atom stereocenters. The molecule has 2 fully saturated rings. The number of piperidine rings is 1. The van der Waals surface area contributed by atoms with Crippen molar-refractivity contribution in [2.24, 2.45) is 11.3 Å². The van der Waals surface area contributed by atoms with Gasteiger partial charge in [0.15, 0.2) is 0 Å². The second kappa shape index (κ2) is 5.42. The highest BCUT2D eigenvalue weighted by Crippen LogP contribution is 2.39. The Kier molecular flexibility index (Phi) is 4.12. The van der Waals surface area contributed by atoms with Crippen molar-refractivity contribution >= 4 is 0 Å². The van der Waals surface area contributed by atoms with Crippen LogP contribution in [-0.4, -0.2) is 49.1 Å². The van der Waals surface area contributed by atoms with E-state index in [0.717, 1.165) is 6.54 Å². The minimum Gasteiger partial charge on any atom is -0.302 e. The van der Waals surface area contributed by atoms with E-state index in [1.807, 2.05) is 0 Å². The van der Waals surface area contributed by atoms with Gasteiger partial charge in [-0.2, -0.15) is 0 Å². The molecule has 2 heteroatoms. The molecular formula is C15H26N2. The molecule has 2 saturated heterocycles. The fourth-order valence-electron chi connectivity index (χ4n) is 2.99. The minimum absolute atomic E-state index is 0.510. The van der Waals surface area contributed by atoms with Crippen molar-refractivity contribution in [2.45, 2.75) is 33.6 Å². The number of hydrogen-bond donors (Lipinski definition) is 0. The van der Waals surface area contributed by atoms with Crippen molar-refractivity contribution in [1.82, 2.24) is 9.80 Å². The second-order valence-electron chi connectivity index (χ2n) is 6.06. The molecule has 0 radical (unpaired) electrons. The molecule has 0 saturated carbocycles. The summed E-state index contributed by atoms with van der Waals surface area (Å²) < 4.78 is 0. The Bertz CT molecular complexity index is 295. The average molecular weight is 234 g/mol. The lowest BCUT2D eigenvalue weighted by atomic mass is 9.72. The Morgan fingerprint density at radius 2 is 1.76 bits per heavy atom. The van der Waals surface area contributed by atoms with E-state index < -0.39 is 0 Å². The first kappa shape index (κ1) is 12.9. The zero-order chi connectivity index (χ0) is 12.3. The fraction of sp³-hybridized carbons (Fsp3) is 0.867. The van der Waals surface area contributed by atoms with Crippen LogP contribution in [0.25, 0.3) is 0 Å². The normalized spacial score (nSPS) is 24.5. The Hall–Kier alpha value is -0.520. The molecule has 2 aliphatic rings. The highest BCUT2D eigenvalue weighted by Gasteiger charge is 2.43. The van der Waals surface area contributed by atoms with Gasteiger partial charge in [-0.25, -0.2) is 0 Å². The van der Waals surface area contributed by atoms with E-state index in [2.05, 4.69) is 42.4 Å². The summed E-state index contributed by atoms with van der Waals surface area (Å²) in [6.45, 7) is 14.0. The summed E-state index contributed by atoms with van der Waals surface area (Å²) in [7, 11) is 0. The predicted octanol–water partition coefficient (Wildman–Crippen LogP) is 2.06. The third-order valence-electron chi connectivity index (χ3n) is 4.18. The predicted molar refractivity (Wildman–Crippen MR) is 72.8 cm³/mol. The molecule has 1 spiro atoms. The summed E-state index contributed by atoms with van der Waals surface area (Å²) in [5.74, 6) is 7.07. The number of likely N-dealkylation sites (tertiary alicyclic amines) is 2. The number of rotatable bonds is 2. The van der Waals surface area contributed by atoms with Crippen molar-refractivity contribution < 1.29 is 0 Å². The topological polar surface area (TPSA) is 6.48 Å². The van der Waals surface area contributed by atoms with Crippen molar-refractivity contribution in [1.29, 1.82) is 0 Å². The molecule has 96 valence electrons. The largest absolute Gasteiger partial charge is 0.302 e. The van der Waals surface area contributed by atoms with Crippen LogP contribution in [0.15, 0.2) is 0 Å². The first-order valence-electron chi connectivity index (χ1n) is 7.07.